The minimum Gasteiger partial charge on any atom is -0.485 e. The molecule has 16 heavy (non-hydrogen) atoms. The first-order chi connectivity index (χ1) is 7.34. The summed E-state index contributed by atoms with van der Waals surface area (Å²) in [6.07, 6.45) is 1.39. The summed E-state index contributed by atoms with van der Waals surface area (Å²) in [6, 6.07) is 4.05. The molecule has 1 rings (SSSR count). The lowest BCUT2D eigenvalue weighted by molar-refractivity contribution is 0.270. The number of ether oxygens (including phenoxy) is 1. The van der Waals surface area contributed by atoms with Crippen LogP contribution in [-0.2, 0) is 10.0 Å². The lowest BCUT2D eigenvalue weighted by Gasteiger charge is -2.12. The van der Waals surface area contributed by atoms with Crippen molar-refractivity contribution in [2.75, 3.05) is 0 Å². The number of rotatable bonds is 4. The molecule has 1 unspecified atom stereocenters. The Balaban J connectivity index is 3.05. The fraction of sp³-hybridized carbons (Fsp3) is 0.200. The molecule has 6 heteroatoms. The van der Waals surface area contributed by atoms with Gasteiger partial charge in [0, 0.05) is 0 Å². The van der Waals surface area contributed by atoms with Crippen LogP contribution in [0, 0.1) is 0 Å². The second kappa shape index (κ2) is 4.86. The van der Waals surface area contributed by atoms with E-state index in [1.54, 1.807) is 13.0 Å². The highest BCUT2D eigenvalue weighted by atomic mass is 35.5. The predicted molar refractivity (Wildman–Crippen MR) is 63.1 cm³/mol. The number of benzene rings is 1. The number of hydrogen-bond donors (Lipinski definition) is 1. The van der Waals surface area contributed by atoms with Crippen LogP contribution in [-0.4, -0.2) is 14.5 Å². The number of halogens is 1. The fourth-order valence-corrected chi connectivity index (χ4v) is 1.83. The van der Waals surface area contributed by atoms with Gasteiger partial charge in [0.25, 0.3) is 0 Å². The van der Waals surface area contributed by atoms with Crippen molar-refractivity contribution in [3.63, 3.8) is 0 Å². The summed E-state index contributed by atoms with van der Waals surface area (Å²) in [4.78, 5) is -0.0453. The summed E-state index contributed by atoms with van der Waals surface area (Å²) in [5.74, 6) is 0.390. The summed E-state index contributed by atoms with van der Waals surface area (Å²) >= 11 is 5.86. The van der Waals surface area contributed by atoms with Crippen LogP contribution in [0.4, 0.5) is 0 Å². The monoisotopic (exact) mass is 261 g/mol. The molecule has 0 aliphatic rings. The highest BCUT2D eigenvalue weighted by molar-refractivity contribution is 7.89. The van der Waals surface area contributed by atoms with E-state index < -0.39 is 10.0 Å². The molecule has 0 spiro atoms. The van der Waals surface area contributed by atoms with E-state index in [1.165, 1.54) is 18.2 Å². The first kappa shape index (κ1) is 13.0. The van der Waals surface area contributed by atoms with Crippen LogP contribution in [0.15, 0.2) is 35.7 Å². The minimum absolute atomic E-state index is 0.0453. The maximum Gasteiger partial charge on any atom is 0.238 e. The highest BCUT2D eigenvalue weighted by Gasteiger charge is 2.11. The largest absolute Gasteiger partial charge is 0.485 e. The van der Waals surface area contributed by atoms with Gasteiger partial charge in [-0.15, -0.1) is 0 Å². The number of nitrogens with two attached hydrogens (primary N) is 1. The van der Waals surface area contributed by atoms with Gasteiger partial charge in [-0.05, 0) is 25.1 Å². The Morgan fingerprint density at radius 2 is 2.19 bits per heavy atom. The van der Waals surface area contributed by atoms with Crippen molar-refractivity contribution in [3.05, 3.63) is 35.9 Å². The van der Waals surface area contributed by atoms with E-state index >= 15 is 0 Å². The maximum atomic E-state index is 11.0. The van der Waals surface area contributed by atoms with Crippen molar-refractivity contribution >= 4 is 21.6 Å². The molecule has 1 atom stereocenters. The molecule has 0 bridgehead atoms. The van der Waals surface area contributed by atoms with Gasteiger partial charge in [-0.25, -0.2) is 13.6 Å². The van der Waals surface area contributed by atoms with Crippen molar-refractivity contribution in [1.29, 1.82) is 0 Å². The third-order valence-electron chi connectivity index (χ3n) is 1.88. The third-order valence-corrected chi connectivity index (χ3v) is 3.08. The van der Waals surface area contributed by atoms with Crippen LogP contribution in [0.3, 0.4) is 0 Å². The lowest BCUT2D eigenvalue weighted by atomic mass is 10.3. The van der Waals surface area contributed by atoms with Gasteiger partial charge in [-0.3, -0.25) is 0 Å². The molecule has 0 aliphatic carbocycles. The predicted octanol–water partition coefficient (Wildman–Crippen LogP) is 1.94. The van der Waals surface area contributed by atoms with E-state index in [0.29, 0.717) is 5.75 Å². The van der Waals surface area contributed by atoms with Gasteiger partial charge in [0.05, 0.1) is 9.92 Å². The summed E-state index contributed by atoms with van der Waals surface area (Å²) in [6.45, 7) is 5.35. The molecule has 88 valence electrons. The first-order valence-corrected chi connectivity index (χ1v) is 6.38. The fourth-order valence-electron chi connectivity index (χ4n) is 1.00. The van der Waals surface area contributed by atoms with Crippen LogP contribution >= 0.6 is 11.6 Å². The molecular formula is C10H12ClNO3S. The van der Waals surface area contributed by atoms with E-state index in [1.807, 2.05) is 0 Å². The van der Waals surface area contributed by atoms with Crippen molar-refractivity contribution in [2.45, 2.75) is 17.9 Å². The van der Waals surface area contributed by atoms with Gasteiger partial charge in [0.15, 0.2) is 0 Å². The Morgan fingerprint density at radius 1 is 1.56 bits per heavy atom. The summed E-state index contributed by atoms with van der Waals surface area (Å²) in [5.41, 5.74) is 0. The average Bonchev–Trinajstić information content (AvgIpc) is 2.19. The van der Waals surface area contributed by atoms with Crippen LogP contribution in [0.5, 0.6) is 5.75 Å². The Hall–Kier alpha value is -1.04. The molecule has 0 amide bonds. The summed E-state index contributed by atoms with van der Waals surface area (Å²) < 4.78 is 27.5. The van der Waals surface area contributed by atoms with Crippen molar-refractivity contribution in [1.82, 2.24) is 0 Å². The Kier molecular flexibility index (Phi) is 3.96. The quantitative estimate of drug-likeness (QED) is 0.842. The van der Waals surface area contributed by atoms with Crippen LogP contribution in [0.1, 0.15) is 6.92 Å². The van der Waals surface area contributed by atoms with Crippen LogP contribution in [0.2, 0.25) is 5.02 Å². The number of hydrogen-bond acceptors (Lipinski definition) is 3. The van der Waals surface area contributed by atoms with Gasteiger partial charge >= 0.3 is 0 Å². The Morgan fingerprint density at radius 3 is 2.62 bits per heavy atom. The molecule has 0 radical (unpaired) electrons. The standard InChI is InChI=1S/C10H12ClNO3S/c1-3-7(2)15-10-5-4-8(6-9(10)11)16(12,13)14/h3-7H,1H2,2H3,(H2,12,13,14). The minimum atomic E-state index is -3.74. The Labute approximate surface area is 99.7 Å². The zero-order chi connectivity index (χ0) is 12.3. The number of sulfonamides is 1. The SMILES string of the molecule is C=CC(C)Oc1ccc(S(N)(=O)=O)cc1Cl. The van der Waals surface area contributed by atoms with Crippen molar-refractivity contribution in [2.24, 2.45) is 5.14 Å². The third kappa shape index (κ3) is 3.23. The van der Waals surface area contributed by atoms with Gasteiger partial charge in [0.1, 0.15) is 11.9 Å². The maximum absolute atomic E-state index is 11.0. The topological polar surface area (TPSA) is 69.4 Å². The molecule has 0 fully saturated rings. The second-order valence-corrected chi connectivity index (χ2v) is 5.16. The van der Waals surface area contributed by atoms with Gasteiger partial charge in [-0.2, -0.15) is 0 Å². The van der Waals surface area contributed by atoms with Crippen molar-refractivity contribution in [3.8, 4) is 5.75 Å². The second-order valence-electron chi connectivity index (χ2n) is 3.20. The molecular weight excluding hydrogens is 250 g/mol. The summed E-state index contributed by atoms with van der Waals surface area (Å²) in [5, 5.41) is 5.15. The molecule has 0 aromatic heterocycles. The van der Waals surface area contributed by atoms with Crippen LogP contribution < -0.4 is 9.88 Å². The average molecular weight is 262 g/mol. The number of primary sulfonamides is 1. The Bertz CT molecular complexity index is 499. The van der Waals surface area contributed by atoms with E-state index in [0.717, 1.165) is 0 Å². The van der Waals surface area contributed by atoms with E-state index in [2.05, 4.69) is 6.58 Å². The zero-order valence-corrected chi connectivity index (χ0v) is 10.3. The molecule has 1 aromatic carbocycles. The normalized spacial score (nSPS) is 13.2. The smallest absolute Gasteiger partial charge is 0.238 e. The first-order valence-electron chi connectivity index (χ1n) is 4.46. The van der Waals surface area contributed by atoms with E-state index in [9.17, 15) is 8.42 Å². The van der Waals surface area contributed by atoms with E-state index in [4.69, 9.17) is 21.5 Å². The molecule has 0 heterocycles. The zero-order valence-electron chi connectivity index (χ0n) is 8.68. The molecule has 0 aliphatic heterocycles. The van der Waals surface area contributed by atoms with Gasteiger partial charge in [0.2, 0.25) is 10.0 Å². The molecule has 1 aromatic rings. The summed E-state index contributed by atoms with van der Waals surface area (Å²) in [7, 11) is -3.74. The lowest BCUT2D eigenvalue weighted by Crippen LogP contribution is -2.12. The van der Waals surface area contributed by atoms with Crippen LogP contribution in [0.25, 0.3) is 0 Å². The highest BCUT2D eigenvalue weighted by Crippen LogP contribution is 2.27. The molecule has 0 saturated heterocycles. The van der Waals surface area contributed by atoms with E-state index in [-0.39, 0.29) is 16.0 Å². The molecule has 4 nitrogen and oxygen atoms in total. The van der Waals surface area contributed by atoms with Crippen molar-refractivity contribution < 1.29 is 13.2 Å². The molecule has 0 saturated carbocycles. The van der Waals surface area contributed by atoms with Gasteiger partial charge < -0.3 is 4.74 Å². The molecule has 2 N–H and O–H groups in total. The van der Waals surface area contributed by atoms with Gasteiger partial charge in [-0.1, -0.05) is 24.3 Å².